The summed E-state index contributed by atoms with van der Waals surface area (Å²) in [5.74, 6) is 0.0617. The highest BCUT2D eigenvalue weighted by Crippen LogP contribution is 2.39. The minimum Gasteiger partial charge on any atom is -0.493 e. The molecule has 0 radical (unpaired) electrons. The second-order valence-electron chi connectivity index (χ2n) is 6.40. The average molecular weight is 387 g/mol. The molecule has 1 aliphatic rings. The van der Waals surface area contributed by atoms with E-state index in [-0.39, 0.29) is 23.6 Å². The lowest BCUT2D eigenvalue weighted by Gasteiger charge is -2.22. The fourth-order valence-electron chi connectivity index (χ4n) is 3.16. The minimum atomic E-state index is -0.771. The normalized spacial score (nSPS) is 26.2. The molecular formula is C19H24Cl2O4. The van der Waals surface area contributed by atoms with Crippen LogP contribution in [0.5, 0.6) is 5.75 Å². The quantitative estimate of drug-likeness (QED) is 0.371. The first kappa shape index (κ1) is 20.1. The number of alkyl halides is 1. The van der Waals surface area contributed by atoms with E-state index in [1.54, 1.807) is 24.3 Å². The summed E-state index contributed by atoms with van der Waals surface area (Å²) >= 11 is 12.3. The van der Waals surface area contributed by atoms with Gasteiger partial charge in [0, 0.05) is 22.7 Å². The van der Waals surface area contributed by atoms with Crippen molar-refractivity contribution < 1.29 is 19.7 Å². The molecule has 0 aliphatic heterocycles. The number of aliphatic carboxylic acids is 1. The van der Waals surface area contributed by atoms with Gasteiger partial charge >= 0.3 is 5.97 Å². The molecule has 0 amide bonds. The van der Waals surface area contributed by atoms with E-state index in [1.165, 1.54) is 0 Å². The van der Waals surface area contributed by atoms with Crippen LogP contribution < -0.4 is 4.74 Å². The molecule has 4 nitrogen and oxygen atoms in total. The molecule has 138 valence electrons. The van der Waals surface area contributed by atoms with Crippen LogP contribution in [0.3, 0.4) is 0 Å². The van der Waals surface area contributed by atoms with E-state index in [9.17, 15) is 9.90 Å². The zero-order valence-corrected chi connectivity index (χ0v) is 15.5. The molecule has 2 rings (SSSR count). The van der Waals surface area contributed by atoms with Gasteiger partial charge in [-0.15, -0.1) is 11.6 Å². The van der Waals surface area contributed by atoms with Crippen molar-refractivity contribution in [3.8, 4) is 5.75 Å². The zero-order chi connectivity index (χ0) is 18.2. The van der Waals surface area contributed by atoms with Crippen molar-refractivity contribution in [3.05, 3.63) is 41.4 Å². The SMILES string of the molecule is O=C(O)CCC/C=C\C[C@@H]1[C@@H](COc2ccc(Cl)cc2)[C@H](O)C[C@@H]1Cl. The number of aliphatic hydroxyl groups is 1. The molecule has 1 aromatic rings. The van der Waals surface area contributed by atoms with Crippen LogP contribution in [0.2, 0.25) is 5.02 Å². The Balaban J connectivity index is 1.83. The van der Waals surface area contributed by atoms with E-state index in [0.29, 0.717) is 24.5 Å². The maximum atomic E-state index is 10.5. The highest BCUT2D eigenvalue weighted by atomic mass is 35.5. The number of carboxylic acid groups (broad SMARTS) is 1. The summed E-state index contributed by atoms with van der Waals surface area (Å²) in [6, 6.07) is 7.14. The molecule has 1 saturated carbocycles. The molecule has 0 spiro atoms. The van der Waals surface area contributed by atoms with Crippen LogP contribution in [0, 0.1) is 11.8 Å². The minimum absolute atomic E-state index is 0.0261. The van der Waals surface area contributed by atoms with E-state index in [4.69, 9.17) is 33.0 Å². The molecule has 0 saturated heterocycles. The van der Waals surface area contributed by atoms with E-state index in [2.05, 4.69) is 0 Å². The molecule has 0 bridgehead atoms. The summed E-state index contributed by atoms with van der Waals surface area (Å²) in [5, 5.41) is 19.5. The summed E-state index contributed by atoms with van der Waals surface area (Å²) in [6.45, 7) is 0.406. The van der Waals surface area contributed by atoms with Crippen LogP contribution in [-0.2, 0) is 4.79 Å². The number of carbonyl (C=O) groups is 1. The third-order valence-corrected chi connectivity index (χ3v) is 5.32. The van der Waals surface area contributed by atoms with Gasteiger partial charge in [0.25, 0.3) is 0 Å². The number of benzene rings is 1. The fraction of sp³-hybridized carbons (Fsp3) is 0.526. The van der Waals surface area contributed by atoms with Crippen LogP contribution in [0.15, 0.2) is 36.4 Å². The summed E-state index contributed by atoms with van der Waals surface area (Å²) in [7, 11) is 0. The molecule has 1 fully saturated rings. The van der Waals surface area contributed by atoms with Crippen molar-refractivity contribution in [2.24, 2.45) is 11.8 Å². The predicted octanol–water partition coefficient (Wildman–Crippen LogP) is 4.52. The number of aliphatic hydroxyl groups excluding tert-OH is 1. The highest BCUT2D eigenvalue weighted by molar-refractivity contribution is 6.30. The Morgan fingerprint density at radius 3 is 2.64 bits per heavy atom. The van der Waals surface area contributed by atoms with Crippen molar-refractivity contribution in [3.63, 3.8) is 0 Å². The Morgan fingerprint density at radius 1 is 1.24 bits per heavy atom. The first-order valence-corrected chi connectivity index (χ1v) is 9.36. The molecule has 1 aromatic carbocycles. The number of carboxylic acids is 1. The van der Waals surface area contributed by atoms with Gasteiger partial charge in [0.05, 0.1) is 12.7 Å². The third kappa shape index (κ3) is 6.53. The van der Waals surface area contributed by atoms with Crippen molar-refractivity contribution in [2.45, 2.75) is 43.6 Å². The lowest BCUT2D eigenvalue weighted by atomic mass is 9.92. The van der Waals surface area contributed by atoms with Crippen LogP contribution in [0.4, 0.5) is 0 Å². The molecule has 25 heavy (non-hydrogen) atoms. The summed E-state index contributed by atoms with van der Waals surface area (Å²) in [6.07, 6.45) is 6.43. The lowest BCUT2D eigenvalue weighted by Crippen LogP contribution is -2.27. The van der Waals surface area contributed by atoms with Crippen molar-refractivity contribution in [1.29, 1.82) is 0 Å². The average Bonchev–Trinajstić information content (AvgIpc) is 2.83. The van der Waals surface area contributed by atoms with E-state index < -0.39 is 12.1 Å². The number of hydrogen-bond donors (Lipinski definition) is 2. The van der Waals surface area contributed by atoms with Gasteiger partial charge < -0.3 is 14.9 Å². The molecule has 1 aliphatic carbocycles. The van der Waals surface area contributed by atoms with Gasteiger partial charge in [-0.25, -0.2) is 0 Å². The van der Waals surface area contributed by atoms with E-state index in [0.717, 1.165) is 18.6 Å². The maximum absolute atomic E-state index is 10.5. The van der Waals surface area contributed by atoms with Crippen molar-refractivity contribution in [1.82, 2.24) is 0 Å². The Labute approximate surface area is 158 Å². The number of unbranched alkanes of at least 4 members (excludes halogenated alkanes) is 1. The topological polar surface area (TPSA) is 66.8 Å². The Bertz CT molecular complexity index is 573. The third-order valence-electron chi connectivity index (χ3n) is 4.57. The second-order valence-corrected chi connectivity index (χ2v) is 7.40. The highest BCUT2D eigenvalue weighted by Gasteiger charge is 2.41. The molecular weight excluding hydrogens is 363 g/mol. The van der Waals surface area contributed by atoms with Crippen molar-refractivity contribution >= 4 is 29.2 Å². The van der Waals surface area contributed by atoms with Gasteiger partial charge in [-0.05, 0) is 55.9 Å². The number of rotatable bonds is 9. The summed E-state index contributed by atoms with van der Waals surface area (Å²) < 4.78 is 5.80. The Morgan fingerprint density at radius 2 is 1.96 bits per heavy atom. The van der Waals surface area contributed by atoms with Crippen molar-refractivity contribution in [2.75, 3.05) is 6.61 Å². The molecule has 6 heteroatoms. The number of hydrogen-bond acceptors (Lipinski definition) is 3. The largest absolute Gasteiger partial charge is 0.493 e. The van der Waals surface area contributed by atoms with Crippen LogP contribution >= 0.6 is 23.2 Å². The van der Waals surface area contributed by atoms with Gasteiger partial charge in [-0.3, -0.25) is 4.79 Å². The Kier molecular flexibility index (Phi) is 8.07. The van der Waals surface area contributed by atoms with Crippen LogP contribution in [0.25, 0.3) is 0 Å². The van der Waals surface area contributed by atoms with Gasteiger partial charge in [0.1, 0.15) is 5.75 Å². The van der Waals surface area contributed by atoms with E-state index in [1.807, 2.05) is 12.2 Å². The van der Waals surface area contributed by atoms with Crippen LogP contribution in [0.1, 0.15) is 32.1 Å². The van der Waals surface area contributed by atoms with Gasteiger partial charge in [0.2, 0.25) is 0 Å². The zero-order valence-electron chi connectivity index (χ0n) is 14.0. The standard InChI is InChI=1S/C19H24Cl2O4/c20-13-7-9-14(10-8-13)25-12-16-15(17(21)11-18(16)22)5-3-1-2-4-6-19(23)24/h1,3,7-10,15-18,22H,2,4-6,11-12H2,(H,23,24)/b3-1-/t15-,16-,17+,18-/m1/s1. The summed E-state index contributed by atoms with van der Waals surface area (Å²) in [5.41, 5.74) is 0. The molecule has 0 heterocycles. The van der Waals surface area contributed by atoms with Crippen LogP contribution in [-0.4, -0.2) is 34.3 Å². The first-order valence-electron chi connectivity index (χ1n) is 8.54. The van der Waals surface area contributed by atoms with Gasteiger partial charge in [0.15, 0.2) is 0 Å². The maximum Gasteiger partial charge on any atom is 0.303 e. The second kappa shape index (κ2) is 10.0. The number of halogens is 2. The molecule has 4 atom stereocenters. The lowest BCUT2D eigenvalue weighted by molar-refractivity contribution is -0.137. The van der Waals surface area contributed by atoms with Gasteiger partial charge in [-0.2, -0.15) is 0 Å². The first-order chi connectivity index (χ1) is 12.0. The Hall–Kier alpha value is -1.23. The number of ether oxygens (including phenoxy) is 1. The number of allylic oxidation sites excluding steroid dienone is 2. The molecule has 0 unspecified atom stereocenters. The van der Waals surface area contributed by atoms with Gasteiger partial charge in [-0.1, -0.05) is 23.8 Å². The monoisotopic (exact) mass is 386 g/mol. The smallest absolute Gasteiger partial charge is 0.303 e. The molecule has 0 aromatic heterocycles. The predicted molar refractivity (Wildman–Crippen MR) is 99.4 cm³/mol. The van der Waals surface area contributed by atoms with E-state index >= 15 is 0 Å². The summed E-state index contributed by atoms with van der Waals surface area (Å²) in [4.78, 5) is 10.5. The fourth-order valence-corrected chi connectivity index (χ4v) is 3.75. The molecule has 2 N–H and O–H groups in total.